The number of hydrogen-bond acceptors (Lipinski definition) is 2. The summed E-state index contributed by atoms with van der Waals surface area (Å²) in [5.74, 6) is 1.53. The Hall–Kier alpha value is -1.61. The van der Waals surface area contributed by atoms with E-state index in [-0.39, 0.29) is 0 Å². The fourth-order valence-electron chi connectivity index (χ4n) is 2.20. The zero-order chi connectivity index (χ0) is 13.9. The van der Waals surface area contributed by atoms with E-state index in [9.17, 15) is 0 Å². The smallest absolute Gasteiger partial charge is 0.143 e. The summed E-state index contributed by atoms with van der Waals surface area (Å²) in [7, 11) is 0. The molecular formula is C17H20N2S. The molecule has 2 aromatic rings. The third kappa shape index (κ3) is 3.10. The minimum absolute atomic E-state index is 0.504. The number of thiophene rings is 1. The fourth-order valence-corrected chi connectivity index (χ4v) is 2.88. The van der Waals surface area contributed by atoms with E-state index >= 15 is 0 Å². The summed E-state index contributed by atoms with van der Waals surface area (Å²) in [6.45, 7) is 4.45. The van der Waals surface area contributed by atoms with Gasteiger partial charge in [-0.3, -0.25) is 4.99 Å². The molecule has 0 unspecified atom stereocenters. The summed E-state index contributed by atoms with van der Waals surface area (Å²) in [5, 5.41) is 5.67. The number of para-hydroxylation sites is 1. The maximum Gasteiger partial charge on any atom is 0.143 e. The van der Waals surface area contributed by atoms with Crippen molar-refractivity contribution < 1.29 is 0 Å². The minimum atomic E-state index is 0.504. The third-order valence-corrected chi connectivity index (χ3v) is 4.33. The first kappa shape index (κ1) is 13.4. The lowest BCUT2D eigenvalue weighted by Gasteiger charge is -2.15. The normalized spacial score (nSPS) is 15.7. The first-order chi connectivity index (χ1) is 9.74. The molecule has 1 aromatic heterocycles. The van der Waals surface area contributed by atoms with Crippen LogP contribution in [0.25, 0.3) is 0 Å². The van der Waals surface area contributed by atoms with Crippen LogP contribution in [0.15, 0.2) is 46.8 Å². The quantitative estimate of drug-likeness (QED) is 0.627. The second-order valence-electron chi connectivity index (χ2n) is 5.55. The molecule has 0 bridgehead atoms. The van der Waals surface area contributed by atoms with Gasteiger partial charge in [0.15, 0.2) is 0 Å². The first-order valence-corrected chi connectivity index (χ1v) is 8.09. The molecule has 0 radical (unpaired) electrons. The Bertz CT molecular complexity index is 595. The van der Waals surface area contributed by atoms with Gasteiger partial charge in [0.05, 0.1) is 10.9 Å². The van der Waals surface area contributed by atoms with Crippen molar-refractivity contribution in [3.05, 3.63) is 52.2 Å². The number of benzene rings is 1. The second kappa shape index (κ2) is 5.80. The topological polar surface area (TPSA) is 24.4 Å². The highest BCUT2D eigenvalue weighted by Gasteiger charge is 2.22. The number of rotatable bonds is 4. The minimum Gasteiger partial charge on any atom is -0.339 e. The lowest BCUT2D eigenvalue weighted by Crippen LogP contribution is -2.14. The number of nitrogens with zero attached hydrogens (tertiary/aromatic N) is 1. The van der Waals surface area contributed by atoms with Crippen LogP contribution in [0.1, 0.15) is 43.0 Å². The van der Waals surface area contributed by atoms with Crippen molar-refractivity contribution in [3.63, 3.8) is 0 Å². The van der Waals surface area contributed by atoms with E-state index in [2.05, 4.69) is 60.9 Å². The molecular weight excluding hydrogens is 264 g/mol. The molecule has 1 fully saturated rings. The van der Waals surface area contributed by atoms with E-state index in [0.29, 0.717) is 12.0 Å². The molecule has 0 amide bonds. The Balaban J connectivity index is 1.91. The van der Waals surface area contributed by atoms with E-state index in [1.54, 1.807) is 11.3 Å². The van der Waals surface area contributed by atoms with Crippen molar-refractivity contribution in [2.24, 2.45) is 4.99 Å². The molecule has 1 N–H and O–H groups in total. The summed E-state index contributed by atoms with van der Waals surface area (Å²) < 4.78 is 0. The van der Waals surface area contributed by atoms with Crippen molar-refractivity contribution in [1.82, 2.24) is 0 Å². The average Bonchev–Trinajstić information content (AvgIpc) is 3.09. The highest BCUT2D eigenvalue weighted by molar-refractivity contribution is 7.12. The molecule has 3 heteroatoms. The van der Waals surface area contributed by atoms with Crippen LogP contribution < -0.4 is 5.32 Å². The van der Waals surface area contributed by atoms with Crippen LogP contribution in [-0.4, -0.2) is 11.9 Å². The summed E-state index contributed by atoms with van der Waals surface area (Å²) >= 11 is 1.74. The third-order valence-electron chi connectivity index (χ3n) is 3.45. The maximum atomic E-state index is 4.84. The molecule has 0 saturated heterocycles. The standard InChI is InChI=1S/C17H20N2S/c1-12(2)14-6-3-4-7-15(14)19-17(18-13-9-10-13)16-8-5-11-20-16/h3-8,11-13H,9-10H2,1-2H3,(H,18,19). The van der Waals surface area contributed by atoms with E-state index in [1.807, 2.05) is 0 Å². The summed E-state index contributed by atoms with van der Waals surface area (Å²) in [4.78, 5) is 6.06. The Morgan fingerprint density at radius 1 is 1.20 bits per heavy atom. The van der Waals surface area contributed by atoms with E-state index < -0.39 is 0 Å². The molecule has 2 nitrogen and oxygen atoms in total. The van der Waals surface area contributed by atoms with Gasteiger partial charge in [-0.15, -0.1) is 11.3 Å². The number of aliphatic imine (C=N–C) groups is 1. The largest absolute Gasteiger partial charge is 0.339 e. The highest BCUT2D eigenvalue weighted by Crippen LogP contribution is 2.28. The molecule has 1 aromatic carbocycles. The number of nitrogens with one attached hydrogen (secondary N) is 1. The van der Waals surface area contributed by atoms with Gasteiger partial charge in [-0.05, 0) is 41.8 Å². The van der Waals surface area contributed by atoms with Crippen LogP contribution in [0.2, 0.25) is 0 Å². The Morgan fingerprint density at radius 2 is 2.00 bits per heavy atom. The SMILES string of the molecule is CC(C)c1ccccc1NC(=NC1CC1)c1cccs1. The van der Waals surface area contributed by atoms with Crippen LogP contribution in [-0.2, 0) is 0 Å². The maximum absolute atomic E-state index is 4.84. The van der Waals surface area contributed by atoms with Gasteiger partial charge in [-0.25, -0.2) is 0 Å². The predicted molar refractivity (Wildman–Crippen MR) is 88.0 cm³/mol. The van der Waals surface area contributed by atoms with Gasteiger partial charge < -0.3 is 5.32 Å². The molecule has 20 heavy (non-hydrogen) atoms. The van der Waals surface area contributed by atoms with E-state index in [0.717, 1.165) is 5.84 Å². The van der Waals surface area contributed by atoms with Crippen molar-refractivity contribution in [3.8, 4) is 0 Å². The van der Waals surface area contributed by atoms with Crippen LogP contribution in [0, 0.1) is 0 Å². The summed E-state index contributed by atoms with van der Waals surface area (Å²) in [6.07, 6.45) is 2.45. The second-order valence-corrected chi connectivity index (χ2v) is 6.50. The van der Waals surface area contributed by atoms with Gasteiger partial charge in [0, 0.05) is 5.69 Å². The highest BCUT2D eigenvalue weighted by atomic mass is 32.1. The van der Waals surface area contributed by atoms with Gasteiger partial charge in [0.2, 0.25) is 0 Å². The Kier molecular flexibility index (Phi) is 3.88. The molecule has 1 heterocycles. The lowest BCUT2D eigenvalue weighted by atomic mass is 10.0. The van der Waals surface area contributed by atoms with Crippen LogP contribution in [0.4, 0.5) is 5.69 Å². The van der Waals surface area contributed by atoms with Gasteiger partial charge in [-0.2, -0.15) is 0 Å². The van der Waals surface area contributed by atoms with E-state index in [4.69, 9.17) is 4.99 Å². The van der Waals surface area contributed by atoms with Gasteiger partial charge >= 0.3 is 0 Å². The van der Waals surface area contributed by atoms with Gasteiger partial charge in [0.25, 0.3) is 0 Å². The molecule has 3 rings (SSSR count). The molecule has 0 atom stereocenters. The average molecular weight is 284 g/mol. The zero-order valence-electron chi connectivity index (χ0n) is 12.0. The monoisotopic (exact) mass is 284 g/mol. The number of hydrogen-bond donors (Lipinski definition) is 1. The zero-order valence-corrected chi connectivity index (χ0v) is 12.8. The summed E-state index contributed by atoms with van der Waals surface area (Å²) in [6, 6.07) is 13.3. The molecule has 1 aliphatic carbocycles. The first-order valence-electron chi connectivity index (χ1n) is 7.21. The predicted octanol–water partition coefficient (Wildman–Crippen LogP) is 4.89. The molecule has 0 spiro atoms. The lowest BCUT2D eigenvalue weighted by molar-refractivity contribution is 0.869. The van der Waals surface area contributed by atoms with Gasteiger partial charge in [0.1, 0.15) is 5.84 Å². The number of anilines is 1. The molecule has 0 aliphatic heterocycles. The van der Waals surface area contributed by atoms with Gasteiger partial charge in [-0.1, -0.05) is 38.1 Å². The van der Waals surface area contributed by atoms with E-state index in [1.165, 1.54) is 29.0 Å². The van der Waals surface area contributed by atoms with Crippen LogP contribution >= 0.6 is 11.3 Å². The van der Waals surface area contributed by atoms with Crippen LogP contribution in [0.5, 0.6) is 0 Å². The number of amidine groups is 1. The van der Waals surface area contributed by atoms with Crippen molar-refractivity contribution in [1.29, 1.82) is 0 Å². The summed E-state index contributed by atoms with van der Waals surface area (Å²) in [5.41, 5.74) is 2.52. The van der Waals surface area contributed by atoms with Crippen molar-refractivity contribution in [2.75, 3.05) is 5.32 Å². The molecule has 1 aliphatic rings. The van der Waals surface area contributed by atoms with Crippen LogP contribution in [0.3, 0.4) is 0 Å². The Morgan fingerprint density at radius 3 is 2.65 bits per heavy atom. The molecule has 104 valence electrons. The van der Waals surface area contributed by atoms with Crippen molar-refractivity contribution in [2.45, 2.75) is 38.6 Å². The Labute approximate surface area is 124 Å². The molecule has 1 saturated carbocycles. The van der Waals surface area contributed by atoms with Crippen molar-refractivity contribution >= 4 is 22.9 Å². The fraction of sp³-hybridized carbons (Fsp3) is 0.353.